The van der Waals surface area contributed by atoms with Crippen LogP contribution in [0.2, 0.25) is 0 Å². The molecule has 0 atom stereocenters. The summed E-state index contributed by atoms with van der Waals surface area (Å²) in [5, 5.41) is 7.15. The Kier molecular flexibility index (Phi) is 7.28. The van der Waals surface area contributed by atoms with Gasteiger partial charge in [0.1, 0.15) is 12.1 Å². The number of hydrogen-bond acceptors (Lipinski definition) is 6. The van der Waals surface area contributed by atoms with Gasteiger partial charge >= 0.3 is 6.09 Å². The molecular weight excluding hydrogens is 496 g/mol. The predicted molar refractivity (Wildman–Crippen MR) is 147 cm³/mol. The fourth-order valence-electron chi connectivity index (χ4n) is 4.88. The van der Waals surface area contributed by atoms with Crippen LogP contribution in [0, 0.1) is 0 Å². The van der Waals surface area contributed by atoms with E-state index in [4.69, 9.17) is 4.74 Å². The van der Waals surface area contributed by atoms with Crippen molar-refractivity contribution in [3.05, 3.63) is 77.6 Å². The number of nitrogens with one attached hydrogen (secondary N) is 1. The lowest BCUT2D eigenvalue weighted by molar-refractivity contribution is -0.132. The number of anilines is 2. The van der Waals surface area contributed by atoms with Gasteiger partial charge in [0.25, 0.3) is 5.91 Å². The third-order valence-electron chi connectivity index (χ3n) is 6.82. The van der Waals surface area contributed by atoms with Gasteiger partial charge in [-0.1, -0.05) is 18.2 Å². The summed E-state index contributed by atoms with van der Waals surface area (Å²) in [6.45, 7) is 9.05. The van der Waals surface area contributed by atoms with Crippen LogP contribution in [0.3, 0.4) is 0 Å². The van der Waals surface area contributed by atoms with Gasteiger partial charge in [-0.25, -0.2) is 4.79 Å². The number of hydrogen-bond donors (Lipinski definition) is 1. The van der Waals surface area contributed by atoms with E-state index in [1.807, 2.05) is 63.2 Å². The van der Waals surface area contributed by atoms with E-state index >= 15 is 0 Å². The molecule has 3 aromatic rings. The number of piperazine rings is 1. The van der Waals surface area contributed by atoms with E-state index in [9.17, 15) is 14.4 Å². The van der Waals surface area contributed by atoms with Crippen LogP contribution in [0.4, 0.5) is 16.2 Å². The lowest BCUT2D eigenvalue weighted by Crippen LogP contribution is -2.50. The van der Waals surface area contributed by atoms with Crippen molar-refractivity contribution >= 4 is 29.3 Å². The van der Waals surface area contributed by atoms with E-state index in [1.165, 1.54) is 0 Å². The highest BCUT2D eigenvalue weighted by atomic mass is 16.6. The summed E-state index contributed by atoms with van der Waals surface area (Å²) >= 11 is 0. The lowest BCUT2D eigenvalue weighted by Gasteiger charge is -2.37. The van der Waals surface area contributed by atoms with Gasteiger partial charge in [-0.15, -0.1) is 0 Å². The highest BCUT2D eigenvalue weighted by Gasteiger charge is 2.28. The largest absolute Gasteiger partial charge is 0.444 e. The summed E-state index contributed by atoms with van der Waals surface area (Å²) in [6, 6.07) is 15.1. The number of carbonyl (C=O) groups excluding carboxylic acids is 3. The second-order valence-corrected chi connectivity index (χ2v) is 10.9. The zero-order chi connectivity index (χ0) is 27.6. The van der Waals surface area contributed by atoms with Crippen molar-refractivity contribution in [2.24, 2.45) is 0 Å². The normalized spacial score (nSPS) is 15.2. The first-order valence-electron chi connectivity index (χ1n) is 13.2. The first-order valence-corrected chi connectivity index (χ1v) is 13.2. The Balaban J connectivity index is 1.21. The van der Waals surface area contributed by atoms with E-state index < -0.39 is 5.60 Å². The quantitative estimate of drug-likeness (QED) is 0.540. The average molecular weight is 531 g/mol. The molecule has 0 spiro atoms. The molecule has 1 saturated heterocycles. The van der Waals surface area contributed by atoms with Gasteiger partial charge in [0, 0.05) is 63.0 Å². The van der Waals surface area contributed by atoms with Crippen molar-refractivity contribution in [1.29, 1.82) is 0 Å². The highest BCUT2D eigenvalue weighted by Crippen LogP contribution is 2.28. The Morgan fingerprint density at radius 2 is 1.67 bits per heavy atom. The van der Waals surface area contributed by atoms with E-state index in [1.54, 1.807) is 32.9 Å². The van der Waals surface area contributed by atoms with Crippen LogP contribution >= 0.6 is 0 Å². The summed E-state index contributed by atoms with van der Waals surface area (Å²) in [6.07, 6.45) is 3.11. The van der Waals surface area contributed by atoms with Crippen molar-refractivity contribution in [2.45, 2.75) is 46.0 Å². The maximum atomic E-state index is 13.4. The minimum Gasteiger partial charge on any atom is -0.444 e. The monoisotopic (exact) mass is 530 g/mol. The van der Waals surface area contributed by atoms with Crippen LogP contribution in [-0.2, 0) is 29.2 Å². The Morgan fingerprint density at radius 1 is 0.923 bits per heavy atom. The van der Waals surface area contributed by atoms with Crippen molar-refractivity contribution in [3.63, 3.8) is 0 Å². The summed E-state index contributed by atoms with van der Waals surface area (Å²) in [5.74, 6) is -0.203. The fourth-order valence-corrected chi connectivity index (χ4v) is 4.88. The average Bonchev–Trinajstić information content (AvgIpc) is 3.57. The molecule has 1 aromatic heterocycles. The second kappa shape index (κ2) is 10.8. The third-order valence-corrected chi connectivity index (χ3v) is 6.82. The van der Waals surface area contributed by atoms with E-state index in [2.05, 4.69) is 15.3 Å². The zero-order valence-corrected chi connectivity index (χ0v) is 22.6. The summed E-state index contributed by atoms with van der Waals surface area (Å²) in [7, 11) is 0. The molecule has 3 amide bonds. The Hall–Kier alpha value is -4.34. The number of benzene rings is 2. The van der Waals surface area contributed by atoms with Crippen LogP contribution in [0.1, 0.15) is 42.3 Å². The van der Waals surface area contributed by atoms with Gasteiger partial charge in [-0.2, -0.15) is 5.10 Å². The second-order valence-electron chi connectivity index (χ2n) is 10.9. The van der Waals surface area contributed by atoms with Crippen LogP contribution in [-0.4, -0.2) is 69.3 Å². The molecule has 0 bridgehead atoms. The first kappa shape index (κ1) is 26.3. The van der Waals surface area contributed by atoms with Crippen LogP contribution < -0.4 is 10.2 Å². The number of para-hydroxylation sites is 1. The van der Waals surface area contributed by atoms with Gasteiger partial charge in [-0.05, 0) is 62.2 Å². The summed E-state index contributed by atoms with van der Waals surface area (Å²) in [4.78, 5) is 44.1. The van der Waals surface area contributed by atoms with Crippen molar-refractivity contribution in [1.82, 2.24) is 19.6 Å². The van der Waals surface area contributed by atoms with Gasteiger partial charge < -0.3 is 24.8 Å². The molecule has 10 heteroatoms. The SMILES string of the molecule is CC(C)(C)OC(=O)N1CCN(c2ccccc2C(=O)Nc2ccc3c(c2)CN(C(=O)Cn2cccn2)C3)CC1. The van der Waals surface area contributed by atoms with Crippen LogP contribution in [0.5, 0.6) is 0 Å². The van der Waals surface area contributed by atoms with E-state index in [-0.39, 0.29) is 24.5 Å². The van der Waals surface area contributed by atoms with Gasteiger partial charge in [0.15, 0.2) is 0 Å². The number of nitrogens with zero attached hydrogens (tertiary/aromatic N) is 5. The molecule has 0 aliphatic carbocycles. The molecule has 0 saturated carbocycles. The van der Waals surface area contributed by atoms with Gasteiger partial charge in [0.2, 0.25) is 5.91 Å². The molecule has 204 valence electrons. The number of carbonyl (C=O) groups is 3. The summed E-state index contributed by atoms with van der Waals surface area (Å²) in [5.41, 5.74) is 3.64. The molecule has 2 aliphatic rings. The van der Waals surface area contributed by atoms with Gasteiger partial charge in [0.05, 0.1) is 5.56 Å². The molecule has 2 aliphatic heterocycles. The molecule has 0 radical (unpaired) electrons. The smallest absolute Gasteiger partial charge is 0.410 e. The van der Waals surface area contributed by atoms with E-state index in [0.717, 1.165) is 16.8 Å². The molecule has 1 fully saturated rings. The maximum Gasteiger partial charge on any atom is 0.410 e. The molecule has 39 heavy (non-hydrogen) atoms. The minimum absolute atomic E-state index is 0.00109. The van der Waals surface area contributed by atoms with Crippen molar-refractivity contribution in [2.75, 3.05) is 36.4 Å². The molecule has 2 aromatic carbocycles. The number of ether oxygens (including phenoxy) is 1. The Labute approximate surface area is 228 Å². The number of fused-ring (bicyclic) bond motifs is 1. The highest BCUT2D eigenvalue weighted by molar-refractivity contribution is 6.08. The van der Waals surface area contributed by atoms with Gasteiger partial charge in [-0.3, -0.25) is 14.3 Å². The molecule has 3 heterocycles. The lowest BCUT2D eigenvalue weighted by atomic mass is 10.1. The maximum absolute atomic E-state index is 13.4. The standard InChI is InChI=1S/C29H34N6O4/c1-29(2,3)39-28(38)33-15-13-32(14-16-33)25-8-5-4-7-24(25)27(37)31-23-10-9-21-18-34(19-22(21)17-23)26(36)20-35-12-6-11-30-35/h4-12,17H,13-16,18-20H2,1-3H3,(H,31,37). The summed E-state index contributed by atoms with van der Waals surface area (Å²) < 4.78 is 7.12. The number of rotatable bonds is 5. The molecule has 0 unspecified atom stereocenters. The number of aromatic nitrogens is 2. The number of amides is 3. The minimum atomic E-state index is -0.537. The molecule has 5 rings (SSSR count). The van der Waals surface area contributed by atoms with Crippen molar-refractivity contribution < 1.29 is 19.1 Å². The zero-order valence-electron chi connectivity index (χ0n) is 22.6. The topological polar surface area (TPSA) is 100 Å². The fraction of sp³-hybridized carbons (Fsp3) is 0.379. The van der Waals surface area contributed by atoms with Crippen molar-refractivity contribution in [3.8, 4) is 0 Å². The first-order chi connectivity index (χ1) is 18.7. The third kappa shape index (κ3) is 6.22. The molecule has 10 nitrogen and oxygen atoms in total. The predicted octanol–water partition coefficient (Wildman–Crippen LogP) is 3.73. The van der Waals surface area contributed by atoms with Crippen LogP contribution in [0.25, 0.3) is 0 Å². The molecule has 1 N–H and O–H groups in total. The van der Waals surface area contributed by atoms with E-state index in [0.29, 0.717) is 50.5 Å². The Bertz CT molecular complexity index is 1360. The molecular formula is C29H34N6O4. The van der Waals surface area contributed by atoms with Crippen LogP contribution in [0.15, 0.2) is 60.9 Å². The Morgan fingerprint density at radius 3 is 2.38 bits per heavy atom.